The van der Waals surface area contributed by atoms with Crippen molar-refractivity contribution in [3.63, 3.8) is 0 Å². The molecule has 0 radical (unpaired) electrons. The molecule has 3 N–H and O–H groups in total. The number of benzene rings is 1. The molecule has 0 spiro atoms. The molecule has 3 aromatic rings. The summed E-state index contributed by atoms with van der Waals surface area (Å²) in [4.78, 5) is 12.9. The second kappa shape index (κ2) is 7.72. The van der Waals surface area contributed by atoms with Crippen molar-refractivity contribution in [1.29, 1.82) is 0 Å². The monoisotopic (exact) mass is 341 g/mol. The molecule has 6 nitrogen and oxygen atoms in total. The second-order valence-corrected chi connectivity index (χ2v) is 5.42. The lowest BCUT2D eigenvalue weighted by Gasteiger charge is -2.11. The molecule has 0 fully saturated rings. The number of hydrogen-bond donors (Lipinski definition) is 3. The zero-order valence-electron chi connectivity index (χ0n) is 12.8. The highest BCUT2D eigenvalue weighted by Gasteiger charge is 2.07. The maximum absolute atomic E-state index is 8.99. The average Bonchev–Trinajstić information content (AvgIpc) is 2.62. The van der Waals surface area contributed by atoms with Crippen molar-refractivity contribution in [1.82, 2.24) is 15.0 Å². The third kappa shape index (κ3) is 4.18. The fourth-order valence-electron chi connectivity index (χ4n) is 2.11. The van der Waals surface area contributed by atoms with Crippen molar-refractivity contribution in [2.24, 2.45) is 0 Å². The Hall–Kier alpha value is -2.70. The number of nitrogens with zero attached hydrogens (tertiary/aromatic N) is 3. The van der Waals surface area contributed by atoms with E-state index in [4.69, 9.17) is 16.7 Å². The Morgan fingerprint density at radius 1 is 1.00 bits per heavy atom. The van der Waals surface area contributed by atoms with Gasteiger partial charge >= 0.3 is 0 Å². The number of rotatable bonds is 6. The molecule has 0 aliphatic rings. The molecule has 0 aliphatic carbocycles. The summed E-state index contributed by atoms with van der Waals surface area (Å²) in [6, 6.07) is 13.0. The summed E-state index contributed by atoms with van der Waals surface area (Å²) >= 11 is 5.91. The predicted octanol–water partition coefficient (Wildman–Crippen LogP) is 3.34. The summed E-state index contributed by atoms with van der Waals surface area (Å²) < 4.78 is 0. The average molecular weight is 342 g/mol. The summed E-state index contributed by atoms with van der Waals surface area (Å²) in [5, 5.41) is 15.9. The summed E-state index contributed by atoms with van der Waals surface area (Å²) in [7, 11) is 0. The third-order valence-corrected chi connectivity index (χ3v) is 3.47. The molecule has 0 amide bonds. The molecule has 122 valence electrons. The van der Waals surface area contributed by atoms with Crippen LogP contribution in [0.3, 0.4) is 0 Å². The van der Waals surface area contributed by atoms with Gasteiger partial charge in [-0.25, -0.2) is 4.98 Å². The Bertz CT molecular complexity index is 796. The normalized spacial score (nSPS) is 10.4. The van der Waals surface area contributed by atoms with Gasteiger partial charge in [-0.05, 0) is 36.4 Å². The van der Waals surface area contributed by atoms with E-state index < -0.39 is 0 Å². The first-order valence-corrected chi connectivity index (χ1v) is 7.79. The highest BCUT2D eigenvalue weighted by atomic mass is 35.5. The van der Waals surface area contributed by atoms with Crippen molar-refractivity contribution in [3.8, 4) is 11.3 Å². The van der Waals surface area contributed by atoms with Gasteiger partial charge < -0.3 is 15.7 Å². The molecule has 0 bridgehead atoms. The van der Waals surface area contributed by atoms with Gasteiger partial charge in [-0.3, -0.25) is 4.98 Å². The van der Waals surface area contributed by atoms with E-state index in [1.54, 1.807) is 24.5 Å². The van der Waals surface area contributed by atoms with Gasteiger partial charge in [-0.1, -0.05) is 11.6 Å². The lowest BCUT2D eigenvalue weighted by atomic mass is 10.2. The number of anilines is 3. The molecular formula is C17H16ClN5O. The van der Waals surface area contributed by atoms with Crippen LogP contribution in [0.25, 0.3) is 11.3 Å². The summed E-state index contributed by atoms with van der Waals surface area (Å²) in [6.45, 7) is 0.378. The predicted molar refractivity (Wildman–Crippen MR) is 95.6 cm³/mol. The number of halogens is 1. The van der Waals surface area contributed by atoms with Crippen LogP contribution < -0.4 is 10.6 Å². The van der Waals surface area contributed by atoms with Crippen LogP contribution >= 0.6 is 11.6 Å². The maximum atomic E-state index is 8.99. The topological polar surface area (TPSA) is 83.0 Å². The quantitative estimate of drug-likeness (QED) is 0.638. The number of aromatic nitrogens is 3. The van der Waals surface area contributed by atoms with Crippen molar-refractivity contribution < 1.29 is 5.11 Å². The van der Waals surface area contributed by atoms with Gasteiger partial charge in [0, 0.05) is 41.3 Å². The van der Waals surface area contributed by atoms with Crippen LogP contribution in [0, 0.1) is 0 Å². The van der Waals surface area contributed by atoms with Gasteiger partial charge in [0.15, 0.2) is 0 Å². The van der Waals surface area contributed by atoms with Crippen LogP contribution in [-0.4, -0.2) is 33.2 Å². The first kappa shape index (κ1) is 16.2. The van der Waals surface area contributed by atoms with Gasteiger partial charge in [0.2, 0.25) is 5.95 Å². The number of aliphatic hydroxyl groups is 1. The van der Waals surface area contributed by atoms with Crippen LogP contribution in [0.1, 0.15) is 0 Å². The maximum Gasteiger partial charge on any atom is 0.225 e. The Balaban J connectivity index is 1.93. The number of nitrogens with one attached hydrogen (secondary N) is 2. The fourth-order valence-corrected chi connectivity index (χ4v) is 2.24. The van der Waals surface area contributed by atoms with Crippen molar-refractivity contribution in [2.45, 2.75) is 0 Å². The Labute approximate surface area is 144 Å². The van der Waals surface area contributed by atoms with E-state index >= 15 is 0 Å². The first-order valence-electron chi connectivity index (χ1n) is 7.41. The largest absolute Gasteiger partial charge is 0.395 e. The zero-order valence-corrected chi connectivity index (χ0v) is 13.5. The van der Waals surface area contributed by atoms with E-state index in [0.29, 0.717) is 23.3 Å². The first-order chi connectivity index (χ1) is 11.7. The molecule has 2 heterocycles. The summed E-state index contributed by atoms with van der Waals surface area (Å²) in [5.41, 5.74) is 2.55. The number of pyridine rings is 1. The van der Waals surface area contributed by atoms with Crippen LogP contribution in [0.2, 0.25) is 5.02 Å². The van der Waals surface area contributed by atoms with Crippen LogP contribution in [0.15, 0.2) is 54.9 Å². The smallest absolute Gasteiger partial charge is 0.225 e. The molecule has 3 rings (SSSR count). The molecule has 24 heavy (non-hydrogen) atoms. The van der Waals surface area contributed by atoms with Gasteiger partial charge in [0.25, 0.3) is 0 Å². The molecule has 0 unspecified atom stereocenters. The molecule has 1 aromatic carbocycles. The molecular weight excluding hydrogens is 326 g/mol. The summed E-state index contributed by atoms with van der Waals surface area (Å²) in [6.07, 6.45) is 3.43. The Kier molecular flexibility index (Phi) is 5.20. The van der Waals surface area contributed by atoms with E-state index in [9.17, 15) is 0 Å². The highest BCUT2D eigenvalue weighted by molar-refractivity contribution is 6.30. The van der Waals surface area contributed by atoms with E-state index in [2.05, 4.69) is 25.6 Å². The number of hydrogen-bond acceptors (Lipinski definition) is 6. The molecule has 2 aromatic heterocycles. The van der Waals surface area contributed by atoms with E-state index in [-0.39, 0.29) is 6.61 Å². The van der Waals surface area contributed by atoms with Gasteiger partial charge in [0.1, 0.15) is 5.82 Å². The van der Waals surface area contributed by atoms with Crippen molar-refractivity contribution in [3.05, 3.63) is 59.9 Å². The van der Waals surface area contributed by atoms with Crippen LogP contribution in [0.5, 0.6) is 0 Å². The molecule has 7 heteroatoms. The lowest BCUT2D eigenvalue weighted by Crippen LogP contribution is -2.10. The Morgan fingerprint density at radius 3 is 2.46 bits per heavy atom. The van der Waals surface area contributed by atoms with Crippen molar-refractivity contribution in [2.75, 3.05) is 23.8 Å². The molecule has 0 saturated carbocycles. The van der Waals surface area contributed by atoms with E-state index in [0.717, 1.165) is 16.9 Å². The fraction of sp³-hybridized carbons (Fsp3) is 0.118. The molecule has 0 aliphatic heterocycles. The van der Waals surface area contributed by atoms with Gasteiger partial charge in [-0.2, -0.15) is 4.98 Å². The Morgan fingerprint density at radius 2 is 1.75 bits per heavy atom. The number of aliphatic hydroxyl groups excluding tert-OH is 1. The highest BCUT2D eigenvalue weighted by Crippen LogP contribution is 2.24. The van der Waals surface area contributed by atoms with Gasteiger partial charge in [0.05, 0.1) is 12.3 Å². The second-order valence-electron chi connectivity index (χ2n) is 4.98. The van der Waals surface area contributed by atoms with Crippen LogP contribution in [-0.2, 0) is 0 Å². The third-order valence-electron chi connectivity index (χ3n) is 3.21. The minimum Gasteiger partial charge on any atom is -0.395 e. The SMILES string of the molecule is OCCNc1nc(Nc2ccc(Cl)cc2)cc(-c2ccncc2)n1. The minimum absolute atomic E-state index is 0.00277. The van der Waals surface area contributed by atoms with E-state index in [1.165, 1.54) is 0 Å². The molecule has 0 saturated heterocycles. The van der Waals surface area contributed by atoms with Crippen molar-refractivity contribution >= 4 is 29.1 Å². The minimum atomic E-state index is 0.00277. The molecule has 0 atom stereocenters. The zero-order chi connectivity index (χ0) is 16.8. The standard InChI is InChI=1S/C17H16ClN5O/c18-13-1-3-14(4-2-13)21-16-11-15(12-5-7-19-8-6-12)22-17(23-16)20-9-10-24/h1-8,11,24H,9-10H2,(H2,20,21,22,23). The lowest BCUT2D eigenvalue weighted by molar-refractivity contribution is 0.311. The van der Waals surface area contributed by atoms with Gasteiger partial charge in [-0.15, -0.1) is 0 Å². The van der Waals surface area contributed by atoms with Crippen LogP contribution in [0.4, 0.5) is 17.5 Å². The summed E-state index contributed by atoms with van der Waals surface area (Å²) in [5.74, 6) is 1.08. The van der Waals surface area contributed by atoms with E-state index in [1.807, 2.05) is 30.3 Å².